The van der Waals surface area contributed by atoms with Gasteiger partial charge in [-0.1, -0.05) is 36.4 Å². The zero-order valence-corrected chi connectivity index (χ0v) is 19.9. The van der Waals surface area contributed by atoms with Crippen molar-refractivity contribution in [2.75, 3.05) is 37.9 Å². The fourth-order valence-corrected chi connectivity index (χ4v) is 5.06. The van der Waals surface area contributed by atoms with Crippen LogP contribution in [0.1, 0.15) is 33.8 Å². The molecule has 3 aliphatic rings. The first-order chi connectivity index (χ1) is 17.7. The molecule has 8 nitrogen and oxygen atoms in total. The van der Waals surface area contributed by atoms with Crippen LogP contribution in [0.2, 0.25) is 0 Å². The third-order valence-corrected chi connectivity index (χ3v) is 7.15. The van der Waals surface area contributed by atoms with Crippen molar-refractivity contribution in [3.63, 3.8) is 0 Å². The monoisotopic (exact) mass is 484 g/mol. The molecule has 1 aliphatic carbocycles. The van der Waals surface area contributed by atoms with Gasteiger partial charge in [-0.2, -0.15) is 0 Å². The molecule has 1 unspecified atom stereocenters. The van der Waals surface area contributed by atoms with Crippen LogP contribution in [0.3, 0.4) is 0 Å². The Morgan fingerprint density at radius 1 is 0.944 bits per heavy atom. The van der Waals surface area contributed by atoms with E-state index >= 15 is 0 Å². The van der Waals surface area contributed by atoms with Crippen molar-refractivity contribution in [1.29, 1.82) is 0 Å². The number of benzene rings is 2. The summed E-state index contributed by atoms with van der Waals surface area (Å²) in [4.78, 5) is 34.7. The molecule has 3 aromatic rings. The molecule has 8 heteroatoms. The molecule has 0 radical (unpaired) electrons. The molecule has 184 valence electrons. The SMILES string of the molecule is O=C(NCc1ccc2c(c1)OCO2)c1cccnc1N1CCN(C(=O)C2C[C@H]2c2ccccc2)CC1. The molecule has 2 aliphatic heterocycles. The summed E-state index contributed by atoms with van der Waals surface area (Å²) in [5.74, 6) is 2.55. The average molecular weight is 485 g/mol. The third-order valence-electron chi connectivity index (χ3n) is 7.15. The average Bonchev–Trinajstić information content (AvgIpc) is 3.61. The second-order valence-corrected chi connectivity index (χ2v) is 9.42. The number of nitrogens with zero attached hydrogens (tertiary/aromatic N) is 3. The van der Waals surface area contributed by atoms with Crippen molar-refractivity contribution in [2.24, 2.45) is 5.92 Å². The maximum absolute atomic E-state index is 13.1. The number of hydrogen-bond donors (Lipinski definition) is 1. The van der Waals surface area contributed by atoms with Gasteiger partial charge >= 0.3 is 0 Å². The minimum atomic E-state index is -0.182. The molecule has 0 spiro atoms. The second-order valence-electron chi connectivity index (χ2n) is 9.42. The number of piperazine rings is 1. The summed E-state index contributed by atoms with van der Waals surface area (Å²) in [6.45, 7) is 3.15. The highest BCUT2D eigenvalue weighted by atomic mass is 16.7. The first-order valence-electron chi connectivity index (χ1n) is 12.4. The lowest BCUT2D eigenvalue weighted by atomic mass is 10.1. The van der Waals surface area contributed by atoms with E-state index in [1.54, 1.807) is 18.3 Å². The number of fused-ring (bicyclic) bond motifs is 1. The number of aromatic nitrogens is 1. The molecule has 1 N–H and O–H groups in total. The van der Waals surface area contributed by atoms with E-state index in [0.29, 0.717) is 55.8 Å². The predicted octanol–water partition coefficient (Wildman–Crippen LogP) is 3.19. The van der Waals surface area contributed by atoms with Crippen LogP contribution in [0.25, 0.3) is 0 Å². The summed E-state index contributed by atoms with van der Waals surface area (Å²) in [6.07, 6.45) is 2.63. The number of amides is 2. The van der Waals surface area contributed by atoms with Crippen molar-refractivity contribution in [2.45, 2.75) is 18.9 Å². The highest BCUT2D eigenvalue weighted by molar-refractivity contribution is 5.99. The lowest BCUT2D eigenvalue weighted by molar-refractivity contribution is -0.133. The van der Waals surface area contributed by atoms with Gasteiger partial charge in [0, 0.05) is 44.8 Å². The van der Waals surface area contributed by atoms with Crippen LogP contribution in [-0.2, 0) is 11.3 Å². The maximum atomic E-state index is 13.1. The molecule has 36 heavy (non-hydrogen) atoms. The van der Waals surface area contributed by atoms with Gasteiger partial charge in [-0.3, -0.25) is 9.59 Å². The molecule has 1 saturated carbocycles. The Balaban J connectivity index is 1.06. The molecule has 2 aromatic carbocycles. The van der Waals surface area contributed by atoms with Gasteiger partial charge in [0.1, 0.15) is 5.82 Å². The highest BCUT2D eigenvalue weighted by Crippen LogP contribution is 2.48. The molecular formula is C28H28N4O4. The second kappa shape index (κ2) is 9.53. The molecule has 2 atom stereocenters. The standard InChI is InChI=1S/C28H28N4O4/c33-27(30-17-19-8-9-24-25(15-19)36-18-35-24)21-7-4-10-29-26(21)31-11-13-32(14-12-31)28(34)23-16-22(23)20-5-2-1-3-6-20/h1-10,15,22-23H,11-14,16-18H2,(H,30,33)/t22-,23?/m0/s1. The highest BCUT2D eigenvalue weighted by Gasteiger charge is 2.46. The van der Waals surface area contributed by atoms with Crippen molar-refractivity contribution >= 4 is 17.6 Å². The largest absolute Gasteiger partial charge is 0.454 e. The van der Waals surface area contributed by atoms with Crippen molar-refractivity contribution in [3.05, 3.63) is 83.6 Å². The quantitative estimate of drug-likeness (QED) is 0.579. The van der Waals surface area contributed by atoms with E-state index in [2.05, 4.69) is 27.3 Å². The number of anilines is 1. The van der Waals surface area contributed by atoms with E-state index in [0.717, 1.165) is 17.7 Å². The number of hydrogen-bond acceptors (Lipinski definition) is 6. The maximum Gasteiger partial charge on any atom is 0.255 e. The summed E-state index contributed by atoms with van der Waals surface area (Å²) >= 11 is 0. The normalized spacial score (nSPS) is 20.2. The van der Waals surface area contributed by atoms with Gasteiger partial charge in [0.25, 0.3) is 5.91 Å². The van der Waals surface area contributed by atoms with Crippen LogP contribution in [0.15, 0.2) is 66.9 Å². The summed E-state index contributed by atoms with van der Waals surface area (Å²) < 4.78 is 10.8. The molecule has 1 saturated heterocycles. The van der Waals surface area contributed by atoms with Gasteiger partial charge in [-0.25, -0.2) is 4.98 Å². The Morgan fingerprint density at radius 3 is 2.58 bits per heavy atom. The fourth-order valence-electron chi connectivity index (χ4n) is 5.06. The number of carbonyl (C=O) groups is 2. The van der Waals surface area contributed by atoms with E-state index in [4.69, 9.17) is 9.47 Å². The van der Waals surface area contributed by atoms with Gasteiger partial charge in [-0.05, 0) is 47.7 Å². The van der Waals surface area contributed by atoms with Crippen LogP contribution >= 0.6 is 0 Å². The van der Waals surface area contributed by atoms with E-state index in [-0.39, 0.29) is 24.5 Å². The number of nitrogens with one attached hydrogen (secondary N) is 1. The number of pyridine rings is 1. The molecule has 3 heterocycles. The summed E-state index contributed by atoms with van der Waals surface area (Å²) in [6, 6.07) is 19.5. The van der Waals surface area contributed by atoms with Crippen molar-refractivity contribution in [1.82, 2.24) is 15.2 Å². The van der Waals surface area contributed by atoms with Gasteiger partial charge < -0.3 is 24.6 Å². The zero-order valence-electron chi connectivity index (χ0n) is 19.9. The van der Waals surface area contributed by atoms with E-state index < -0.39 is 0 Å². The Morgan fingerprint density at radius 2 is 1.75 bits per heavy atom. The Kier molecular flexibility index (Phi) is 5.93. The lowest BCUT2D eigenvalue weighted by Gasteiger charge is -2.36. The molecule has 6 rings (SSSR count). The fraction of sp³-hybridized carbons (Fsp3) is 0.321. The number of rotatable bonds is 6. The Bertz CT molecular complexity index is 1270. The zero-order chi connectivity index (χ0) is 24.5. The first kappa shape index (κ1) is 22.4. The van der Waals surface area contributed by atoms with E-state index in [9.17, 15) is 9.59 Å². The number of carbonyl (C=O) groups excluding carboxylic acids is 2. The molecule has 2 fully saturated rings. The van der Waals surface area contributed by atoms with Crippen LogP contribution in [0, 0.1) is 5.92 Å². The van der Waals surface area contributed by atoms with Crippen LogP contribution in [0.5, 0.6) is 11.5 Å². The topological polar surface area (TPSA) is 84.0 Å². The predicted molar refractivity (Wildman–Crippen MR) is 134 cm³/mol. The van der Waals surface area contributed by atoms with Gasteiger partial charge in [0.15, 0.2) is 11.5 Å². The van der Waals surface area contributed by atoms with E-state index in [1.807, 2.05) is 41.3 Å². The van der Waals surface area contributed by atoms with E-state index in [1.165, 1.54) is 5.56 Å². The van der Waals surface area contributed by atoms with Crippen LogP contribution < -0.4 is 19.7 Å². The summed E-state index contributed by atoms with van der Waals surface area (Å²) in [7, 11) is 0. The molecule has 0 bridgehead atoms. The van der Waals surface area contributed by atoms with Gasteiger partial charge in [-0.15, -0.1) is 0 Å². The van der Waals surface area contributed by atoms with Gasteiger partial charge in [0.05, 0.1) is 5.56 Å². The molecular weight excluding hydrogens is 456 g/mol. The Labute approximate surface area is 209 Å². The van der Waals surface area contributed by atoms with Crippen LogP contribution in [0.4, 0.5) is 5.82 Å². The number of ether oxygens (including phenoxy) is 2. The minimum absolute atomic E-state index is 0.0892. The first-order valence-corrected chi connectivity index (χ1v) is 12.4. The van der Waals surface area contributed by atoms with Gasteiger partial charge in [0.2, 0.25) is 12.7 Å². The molecule has 1 aromatic heterocycles. The minimum Gasteiger partial charge on any atom is -0.454 e. The van der Waals surface area contributed by atoms with Crippen LogP contribution in [-0.4, -0.2) is 54.7 Å². The lowest BCUT2D eigenvalue weighted by Crippen LogP contribution is -2.50. The summed E-state index contributed by atoms with van der Waals surface area (Å²) in [5.41, 5.74) is 2.71. The Hall–Kier alpha value is -4.07. The van der Waals surface area contributed by atoms with Crippen molar-refractivity contribution in [3.8, 4) is 11.5 Å². The smallest absolute Gasteiger partial charge is 0.255 e. The third kappa shape index (κ3) is 4.46. The summed E-state index contributed by atoms with van der Waals surface area (Å²) in [5, 5.41) is 2.99. The molecule has 2 amide bonds. The van der Waals surface area contributed by atoms with Crippen molar-refractivity contribution < 1.29 is 19.1 Å².